The van der Waals surface area contributed by atoms with Crippen LogP contribution in [0.3, 0.4) is 0 Å². The van der Waals surface area contributed by atoms with E-state index < -0.39 is 5.97 Å². The number of esters is 1. The average Bonchev–Trinajstić information content (AvgIpc) is 3.26. The highest BCUT2D eigenvalue weighted by molar-refractivity contribution is 7.13. The summed E-state index contributed by atoms with van der Waals surface area (Å²) in [6.45, 7) is 2.10. The van der Waals surface area contributed by atoms with Crippen LogP contribution in [0.5, 0.6) is 5.75 Å². The lowest BCUT2D eigenvalue weighted by Crippen LogP contribution is -2.04. The topological polar surface area (TPSA) is 61.6 Å². The van der Waals surface area contributed by atoms with Crippen molar-refractivity contribution in [2.45, 2.75) is 6.92 Å². The van der Waals surface area contributed by atoms with E-state index in [-0.39, 0.29) is 0 Å². The highest BCUT2D eigenvalue weighted by Gasteiger charge is 2.19. The van der Waals surface area contributed by atoms with E-state index >= 15 is 0 Å². The number of ether oxygens (including phenoxy) is 2. The van der Waals surface area contributed by atoms with Crippen molar-refractivity contribution < 1.29 is 18.7 Å². The molecule has 0 saturated carbocycles. The number of benzene rings is 2. The normalized spacial score (nSPS) is 11.1. The highest BCUT2D eigenvalue weighted by atomic mass is 32.1. The maximum atomic E-state index is 11.9. The van der Waals surface area contributed by atoms with Gasteiger partial charge in [0.15, 0.2) is 17.0 Å². The Labute approximate surface area is 147 Å². The van der Waals surface area contributed by atoms with Crippen LogP contribution in [0.25, 0.3) is 32.5 Å². The van der Waals surface area contributed by atoms with Crippen molar-refractivity contribution in [2.75, 3.05) is 13.7 Å². The minimum atomic E-state index is -0.410. The number of para-hydroxylation sites is 1. The van der Waals surface area contributed by atoms with Crippen molar-refractivity contribution in [3.63, 3.8) is 0 Å². The monoisotopic (exact) mass is 353 g/mol. The van der Waals surface area contributed by atoms with E-state index in [1.165, 1.54) is 11.3 Å². The number of carbonyl (C=O) groups excluding carboxylic acids is 1. The van der Waals surface area contributed by atoms with Crippen LogP contribution >= 0.6 is 11.3 Å². The number of hydrogen-bond donors (Lipinski definition) is 0. The number of aromatic nitrogens is 1. The third kappa shape index (κ3) is 2.55. The number of thiazole rings is 1. The molecule has 0 aliphatic rings. The number of hydrogen-bond acceptors (Lipinski definition) is 6. The fraction of sp³-hybridized carbons (Fsp3) is 0.158. The van der Waals surface area contributed by atoms with Crippen LogP contribution in [0.1, 0.15) is 17.4 Å². The van der Waals surface area contributed by atoms with E-state index in [4.69, 9.17) is 13.9 Å². The zero-order valence-electron chi connectivity index (χ0n) is 13.7. The first-order valence-electron chi connectivity index (χ1n) is 7.84. The third-order valence-corrected chi connectivity index (χ3v) is 4.80. The maximum absolute atomic E-state index is 11.9. The van der Waals surface area contributed by atoms with Gasteiger partial charge in [-0.15, -0.1) is 11.3 Å². The summed E-state index contributed by atoms with van der Waals surface area (Å²) in [5, 5.41) is 4.37. The lowest BCUT2D eigenvalue weighted by Gasteiger charge is -2.04. The minimum absolute atomic E-state index is 0.318. The second-order valence-corrected chi connectivity index (χ2v) is 6.23. The van der Waals surface area contributed by atoms with Crippen LogP contribution < -0.4 is 4.74 Å². The number of rotatable bonds is 4. The van der Waals surface area contributed by atoms with Crippen LogP contribution in [-0.2, 0) is 4.74 Å². The first kappa shape index (κ1) is 15.7. The second kappa shape index (κ2) is 6.22. The molecule has 0 atom stereocenters. The second-order valence-electron chi connectivity index (χ2n) is 5.38. The van der Waals surface area contributed by atoms with Gasteiger partial charge >= 0.3 is 5.97 Å². The van der Waals surface area contributed by atoms with E-state index in [2.05, 4.69) is 4.98 Å². The van der Waals surface area contributed by atoms with Crippen LogP contribution in [0.2, 0.25) is 0 Å². The summed E-state index contributed by atoms with van der Waals surface area (Å²) in [6.07, 6.45) is 0. The molecule has 6 heteroatoms. The van der Waals surface area contributed by atoms with E-state index in [0.29, 0.717) is 23.6 Å². The molecule has 25 heavy (non-hydrogen) atoms. The Hall–Kier alpha value is -2.86. The molecule has 126 valence electrons. The van der Waals surface area contributed by atoms with Crippen molar-refractivity contribution in [1.82, 2.24) is 4.98 Å². The Morgan fingerprint density at radius 1 is 1.24 bits per heavy atom. The standard InChI is InChI=1S/C19H15NO4S/c1-3-23-19(21)13-10-25-18(20-13)12-8-9-15(22-2)17-16(12)11-6-4-5-7-14(11)24-17/h4-10H,3H2,1-2H3. The molecule has 2 aromatic heterocycles. The summed E-state index contributed by atoms with van der Waals surface area (Å²) in [4.78, 5) is 16.4. The fourth-order valence-electron chi connectivity index (χ4n) is 2.84. The van der Waals surface area contributed by atoms with E-state index in [0.717, 1.165) is 26.9 Å². The lowest BCUT2D eigenvalue weighted by molar-refractivity contribution is 0.0520. The van der Waals surface area contributed by atoms with Crippen LogP contribution in [-0.4, -0.2) is 24.7 Å². The Morgan fingerprint density at radius 3 is 2.88 bits per heavy atom. The molecule has 0 N–H and O–H groups in total. The SMILES string of the molecule is CCOC(=O)c1csc(-c2ccc(OC)c3oc4ccccc4c23)n1. The molecule has 0 spiro atoms. The summed E-state index contributed by atoms with van der Waals surface area (Å²) in [5.74, 6) is 0.254. The first-order chi connectivity index (χ1) is 12.2. The quantitative estimate of drug-likeness (QED) is 0.489. The molecule has 5 nitrogen and oxygen atoms in total. The molecule has 2 heterocycles. The van der Waals surface area contributed by atoms with Crippen molar-refractivity contribution in [3.8, 4) is 16.3 Å². The van der Waals surface area contributed by atoms with Crippen molar-refractivity contribution in [2.24, 2.45) is 0 Å². The number of furan rings is 1. The summed E-state index contributed by atoms with van der Waals surface area (Å²) in [5.41, 5.74) is 2.68. The Kier molecular flexibility index (Phi) is 3.89. The van der Waals surface area contributed by atoms with E-state index in [1.54, 1.807) is 19.4 Å². The van der Waals surface area contributed by atoms with Gasteiger partial charge in [-0.3, -0.25) is 0 Å². The summed E-state index contributed by atoms with van der Waals surface area (Å²) in [7, 11) is 1.61. The lowest BCUT2D eigenvalue weighted by atomic mass is 10.1. The van der Waals surface area contributed by atoms with Crippen LogP contribution in [0.4, 0.5) is 0 Å². The number of nitrogens with zero attached hydrogens (tertiary/aromatic N) is 1. The van der Waals surface area contributed by atoms with Gasteiger partial charge < -0.3 is 13.9 Å². The molecule has 4 aromatic rings. The van der Waals surface area contributed by atoms with Gasteiger partial charge in [0.05, 0.1) is 13.7 Å². The highest BCUT2D eigenvalue weighted by Crippen LogP contribution is 2.41. The molecule has 0 fully saturated rings. The molecular formula is C19H15NO4S. The third-order valence-electron chi connectivity index (χ3n) is 3.93. The Morgan fingerprint density at radius 2 is 2.08 bits per heavy atom. The average molecular weight is 353 g/mol. The maximum Gasteiger partial charge on any atom is 0.357 e. The van der Waals surface area contributed by atoms with Gasteiger partial charge in [-0.1, -0.05) is 18.2 Å². The van der Waals surface area contributed by atoms with Gasteiger partial charge in [0.25, 0.3) is 0 Å². The summed E-state index contributed by atoms with van der Waals surface area (Å²) < 4.78 is 16.5. The Balaban J connectivity index is 1.95. The first-order valence-corrected chi connectivity index (χ1v) is 8.72. The van der Waals surface area contributed by atoms with Crippen molar-refractivity contribution in [3.05, 3.63) is 47.5 Å². The smallest absolute Gasteiger partial charge is 0.357 e. The molecule has 0 saturated heterocycles. The predicted octanol–water partition coefficient (Wildman–Crippen LogP) is 4.89. The van der Waals surface area contributed by atoms with Crippen LogP contribution in [0, 0.1) is 0 Å². The molecule has 0 bridgehead atoms. The van der Waals surface area contributed by atoms with Gasteiger partial charge in [0, 0.05) is 21.7 Å². The minimum Gasteiger partial charge on any atom is -0.493 e. The molecule has 2 aromatic carbocycles. The van der Waals surface area contributed by atoms with Crippen molar-refractivity contribution >= 4 is 39.2 Å². The zero-order valence-corrected chi connectivity index (χ0v) is 14.6. The van der Waals surface area contributed by atoms with Gasteiger partial charge in [0.1, 0.15) is 10.6 Å². The van der Waals surface area contributed by atoms with Crippen LogP contribution in [0.15, 0.2) is 46.2 Å². The number of fused-ring (bicyclic) bond motifs is 3. The summed E-state index contributed by atoms with van der Waals surface area (Å²) >= 11 is 1.40. The van der Waals surface area contributed by atoms with Crippen molar-refractivity contribution in [1.29, 1.82) is 0 Å². The number of carbonyl (C=O) groups is 1. The molecule has 0 unspecified atom stereocenters. The van der Waals surface area contributed by atoms with E-state index in [9.17, 15) is 4.79 Å². The molecule has 4 rings (SSSR count). The summed E-state index contributed by atoms with van der Waals surface area (Å²) in [6, 6.07) is 11.6. The van der Waals surface area contributed by atoms with E-state index in [1.807, 2.05) is 36.4 Å². The van der Waals surface area contributed by atoms with Gasteiger partial charge in [-0.05, 0) is 25.1 Å². The Bertz CT molecular complexity index is 1080. The fourth-order valence-corrected chi connectivity index (χ4v) is 3.66. The largest absolute Gasteiger partial charge is 0.493 e. The molecule has 0 amide bonds. The van der Waals surface area contributed by atoms with Gasteiger partial charge in [-0.25, -0.2) is 9.78 Å². The molecule has 0 aliphatic heterocycles. The van der Waals surface area contributed by atoms with Gasteiger partial charge in [0.2, 0.25) is 0 Å². The zero-order chi connectivity index (χ0) is 17.4. The molecule has 0 radical (unpaired) electrons. The molecule has 0 aliphatic carbocycles. The predicted molar refractivity (Wildman–Crippen MR) is 97.3 cm³/mol. The molecular weight excluding hydrogens is 338 g/mol. The van der Waals surface area contributed by atoms with Gasteiger partial charge in [-0.2, -0.15) is 0 Å². The number of methoxy groups -OCH3 is 1.